The molecular weight excluding hydrogens is 342 g/mol. The van der Waals surface area contributed by atoms with Crippen LogP contribution in [0.1, 0.15) is 12.8 Å². The van der Waals surface area contributed by atoms with Crippen LogP contribution in [-0.4, -0.2) is 21.9 Å². The molecule has 21 heavy (non-hydrogen) atoms. The third kappa shape index (κ3) is 3.64. The molecule has 0 bridgehead atoms. The van der Waals surface area contributed by atoms with Crippen LogP contribution in [0.15, 0.2) is 32.9 Å². The van der Waals surface area contributed by atoms with Gasteiger partial charge in [-0.3, -0.25) is 15.0 Å². The molecule has 0 spiro atoms. The zero-order valence-electron chi connectivity index (χ0n) is 10.8. The number of benzene rings is 1. The van der Waals surface area contributed by atoms with Crippen LogP contribution in [0.2, 0.25) is 0 Å². The van der Waals surface area contributed by atoms with Gasteiger partial charge in [-0.1, -0.05) is 15.9 Å². The van der Waals surface area contributed by atoms with Gasteiger partial charge < -0.3 is 10.1 Å². The number of rotatable bonds is 4. The molecule has 110 valence electrons. The molecule has 1 aromatic heterocycles. The van der Waals surface area contributed by atoms with Crippen LogP contribution in [0.25, 0.3) is 10.9 Å². The maximum Gasteiger partial charge on any atom is 0.265 e. The summed E-state index contributed by atoms with van der Waals surface area (Å²) in [6.07, 6.45) is -0.181. The fourth-order valence-electron chi connectivity index (χ4n) is 1.69. The number of halogens is 1. The maximum absolute atomic E-state index is 11.5. The van der Waals surface area contributed by atoms with Crippen LogP contribution in [0.3, 0.4) is 0 Å². The predicted molar refractivity (Wildman–Crippen MR) is 78.8 cm³/mol. The number of hydrogen-bond acceptors (Lipinski definition) is 5. The number of aromatic amines is 1. The Hall–Kier alpha value is -2.26. The largest absolute Gasteiger partial charge is 0.493 e. The predicted octanol–water partition coefficient (Wildman–Crippen LogP) is 2.02. The van der Waals surface area contributed by atoms with Crippen molar-refractivity contribution >= 4 is 44.3 Å². The topological polar surface area (TPSA) is 133 Å². The van der Waals surface area contributed by atoms with Crippen molar-refractivity contribution in [2.45, 2.75) is 12.8 Å². The van der Waals surface area contributed by atoms with Gasteiger partial charge in [-0.15, -0.1) is 10.2 Å². The Labute approximate surface area is 127 Å². The third-order valence-electron chi connectivity index (χ3n) is 2.70. The number of hydrazine groups is 1. The molecule has 9 heteroatoms. The number of amides is 2. The summed E-state index contributed by atoms with van der Waals surface area (Å²) in [5.74, 6) is 3.68. The fourth-order valence-corrected chi connectivity index (χ4v) is 2.05. The second-order valence-electron chi connectivity index (χ2n) is 4.17. The van der Waals surface area contributed by atoms with E-state index in [1.165, 1.54) is 0 Å². The molecule has 1 heterocycles. The standard InChI is InChI=1S/C12H12BrN5O3/c13-6-1-2-8-7(5-6)11(12(21)15-8)18-17-10(20)4-3-9(19)16-14/h1-2,5,15,21H,3-4,14H2,(H,16,19). The lowest BCUT2D eigenvalue weighted by Gasteiger charge is -1.95. The number of hydrogen-bond donors (Lipinski definition) is 4. The first-order chi connectivity index (χ1) is 10.0. The molecule has 2 rings (SSSR count). The Morgan fingerprint density at radius 2 is 2.14 bits per heavy atom. The lowest BCUT2D eigenvalue weighted by Crippen LogP contribution is -2.30. The highest BCUT2D eigenvalue weighted by atomic mass is 79.9. The Morgan fingerprint density at radius 1 is 1.38 bits per heavy atom. The van der Waals surface area contributed by atoms with Crippen LogP contribution < -0.4 is 11.3 Å². The monoisotopic (exact) mass is 353 g/mol. The van der Waals surface area contributed by atoms with Gasteiger partial charge in [0, 0.05) is 22.7 Å². The highest BCUT2D eigenvalue weighted by Crippen LogP contribution is 2.36. The zero-order valence-corrected chi connectivity index (χ0v) is 12.3. The molecule has 1 aromatic carbocycles. The first kappa shape index (κ1) is 15.1. The van der Waals surface area contributed by atoms with E-state index < -0.39 is 11.8 Å². The summed E-state index contributed by atoms with van der Waals surface area (Å²) in [6.45, 7) is 0. The van der Waals surface area contributed by atoms with Crippen LogP contribution in [-0.2, 0) is 9.59 Å². The molecule has 0 atom stereocenters. The van der Waals surface area contributed by atoms with Gasteiger partial charge in [0.15, 0.2) is 5.69 Å². The summed E-state index contributed by atoms with van der Waals surface area (Å²) >= 11 is 3.31. The molecule has 0 unspecified atom stereocenters. The van der Waals surface area contributed by atoms with Crippen LogP contribution >= 0.6 is 15.9 Å². The van der Waals surface area contributed by atoms with E-state index in [1.807, 2.05) is 5.43 Å². The first-order valence-electron chi connectivity index (χ1n) is 5.95. The Kier molecular flexibility index (Phi) is 4.66. The summed E-state index contributed by atoms with van der Waals surface area (Å²) in [6, 6.07) is 5.30. The number of carbonyl (C=O) groups excluding carboxylic acids is 2. The van der Waals surface area contributed by atoms with Gasteiger partial charge in [0.1, 0.15) is 0 Å². The molecule has 2 amide bonds. The van der Waals surface area contributed by atoms with Crippen molar-refractivity contribution in [2.24, 2.45) is 16.1 Å². The summed E-state index contributed by atoms with van der Waals surface area (Å²) in [5.41, 5.74) is 2.75. The van der Waals surface area contributed by atoms with Crippen LogP contribution in [0.4, 0.5) is 5.69 Å². The molecule has 0 aliphatic rings. The molecule has 2 aromatic rings. The van der Waals surface area contributed by atoms with Crippen LogP contribution in [0, 0.1) is 0 Å². The molecule has 8 nitrogen and oxygen atoms in total. The summed E-state index contributed by atoms with van der Waals surface area (Å²) in [5, 5.41) is 17.6. The van der Waals surface area contributed by atoms with Crippen molar-refractivity contribution in [1.29, 1.82) is 0 Å². The number of fused-ring (bicyclic) bond motifs is 1. The Balaban J connectivity index is 2.17. The minimum absolute atomic E-state index is 0.0697. The third-order valence-corrected chi connectivity index (χ3v) is 3.20. The highest BCUT2D eigenvalue weighted by molar-refractivity contribution is 9.10. The first-order valence-corrected chi connectivity index (χ1v) is 6.74. The number of carbonyl (C=O) groups is 2. The number of nitrogens with two attached hydrogens (primary N) is 1. The van der Waals surface area contributed by atoms with Crippen molar-refractivity contribution in [1.82, 2.24) is 10.4 Å². The molecule has 0 radical (unpaired) electrons. The van der Waals surface area contributed by atoms with E-state index in [4.69, 9.17) is 5.84 Å². The van der Waals surface area contributed by atoms with E-state index in [2.05, 4.69) is 31.1 Å². The van der Waals surface area contributed by atoms with Gasteiger partial charge in [0.25, 0.3) is 5.91 Å². The number of nitrogens with one attached hydrogen (secondary N) is 2. The Morgan fingerprint density at radius 3 is 2.86 bits per heavy atom. The molecule has 5 N–H and O–H groups in total. The molecule has 0 aliphatic heterocycles. The smallest absolute Gasteiger partial charge is 0.265 e. The molecule has 0 saturated heterocycles. The SMILES string of the molecule is NNC(=O)CCC(=O)N=Nc1c(O)[nH]c2ccc(Br)cc12. The lowest BCUT2D eigenvalue weighted by molar-refractivity contribution is -0.125. The number of nitrogens with zero attached hydrogens (tertiary/aromatic N) is 2. The van der Waals surface area contributed by atoms with E-state index in [1.54, 1.807) is 18.2 Å². The van der Waals surface area contributed by atoms with Crippen molar-refractivity contribution in [2.75, 3.05) is 0 Å². The van der Waals surface area contributed by atoms with E-state index in [9.17, 15) is 14.7 Å². The second kappa shape index (κ2) is 6.46. The van der Waals surface area contributed by atoms with Gasteiger partial charge in [0.05, 0.1) is 5.52 Å². The van der Waals surface area contributed by atoms with Crippen molar-refractivity contribution < 1.29 is 14.7 Å². The molecular formula is C12H12BrN5O3. The summed E-state index contributed by atoms with van der Waals surface area (Å²) in [4.78, 5) is 25.1. The maximum atomic E-state index is 11.5. The van der Waals surface area contributed by atoms with E-state index in [0.717, 1.165) is 4.47 Å². The number of azo groups is 1. The summed E-state index contributed by atoms with van der Waals surface area (Å²) < 4.78 is 0.802. The van der Waals surface area contributed by atoms with Crippen molar-refractivity contribution in [3.05, 3.63) is 22.7 Å². The van der Waals surface area contributed by atoms with Crippen molar-refractivity contribution in [3.63, 3.8) is 0 Å². The van der Waals surface area contributed by atoms with Gasteiger partial charge >= 0.3 is 0 Å². The second-order valence-corrected chi connectivity index (χ2v) is 5.09. The fraction of sp³-hybridized carbons (Fsp3) is 0.167. The highest BCUT2D eigenvalue weighted by Gasteiger charge is 2.11. The van der Waals surface area contributed by atoms with Gasteiger partial charge in [0.2, 0.25) is 11.8 Å². The van der Waals surface area contributed by atoms with Crippen molar-refractivity contribution in [3.8, 4) is 5.88 Å². The summed E-state index contributed by atoms with van der Waals surface area (Å²) in [7, 11) is 0. The Bertz CT molecular complexity index is 725. The van der Waals surface area contributed by atoms with Gasteiger partial charge in [-0.2, -0.15) is 0 Å². The minimum atomic E-state index is -0.581. The molecule has 0 saturated carbocycles. The van der Waals surface area contributed by atoms with E-state index in [-0.39, 0.29) is 24.4 Å². The van der Waals surface area contributed by atoms with Gasteiger partial charge in [-0.25, -0.2) is 5.84 Å². The molecule has 0 aliphatic carbocycles. The quantitative estimate of drug-likeness (QED) is 0.289. The number of H-pyrrole nitrogens is 1. The average Bonchev–Trinajstić information content (AvgIpc) is 2.77. The molecule has 0 fully saturated rings. The zero-order chi connectivity index (χ0) is 15.4. The lowest BCUT2D eigenvalue weighted by atomic mass is 10.2. The van der Waals surface area contributed by atoms with Gasteiger partial charge in [-0.05, 0) is 18.2 Å². The normalized spacial score (nSPS) is 11.1. The van der Waals surface area contributed by atoms with E-state index >= 15 is 0 Å². The van der Waals surface area contributed by atoms with E-state index in [0.29, 0.717) is 10.9 Å². The average molecular weight is 354 g/mol. The number of aromatic hydroxyl groups is 1. The number of aromatic nitrogens is 1. The minimum Gasteiger partial charge on any atom is -0.493 e. The van der Waals surface area contributed by atoms with Crippen LogP contribution in [0.5, 0.6) is 5.88 Å².